The summed E-state index contributed by atoms with van der Waals surface area (Å²) in [6, 6.07) is 15.3. The van der Waals surface area contributed by atoms with E-state index in [0.717, 1.165) is 10.9 Å². The second-order valence-electron chi connectivity index (χ2n) is 5.71. The van der Waals surface area contributed by atoms with Crippen molar-refractivity contribution in [2.24, 2.45) is 0 Å². The smallest absolute Gasteiger partial charge is 0.279 e. The molecule has 132 valence electrons. The molecule has 0 radical (unpaired) electrons. The van der Waals surface area contributed by atoms with Crippen LogP contribution in [0.1, 0.15) is 35.3 Å². The van der Waals surface area contributed by atoms with E-state index < -0.39 is 0 Å². The van der Waals surface area contributed by atoms with E-state index in [1.54, 1.807) is 31.3 Å². The molecule has 2 aromatic rings. The van der Waals surface area contributed by atoms with E-state index in [4.69, 9.17) is 0 Å². The van der Waals surface area contributed by atoms with Crippen LogP contribution >= 0.6 is 15.9 Å². The molecule has 5 nitrogen and oxygen atoms in total. The van der Waals surface area contributed by atoms with Gasteiger partial charge in [0.15, 0.2) is 6.54 Å². The summed E-state index contributed by atoms with van der Waals surface area (Å²) in [5.41, 5.74) is 2.45. The minimum atomic E-state index is -0.147. The lowest BCUT2D eigenvalue weighted by atomic mass is 10.0. The highest BCUT2D eigenvalue weighted by Gasteiger charge is 2.15. The molecule has 0 heterocycles. The molecule has 0 saturated heterocycles. The van der Waals surface area contributed by atoms with Crippen molar-refractivity contribution < 1.29 is 14.9 Å². The molecule has 2 rings (SSSR count). The van der Waals surface area contributed by atoms with Crippen LogP contribution in [0.4, 0.5) is 5.69 Å². The number of nitrogens with one attached hydrogen (secondary N) is 2. The number of nitrogens with two attached hydrogens (primary N) is 1. The van der Waals surface area contributed by atoms with Crippen molar-refractivity contribution in [2.45, 2.75) is 19.4 Å². The van der Waals surface area contributed by atoms with E-state index in [0.29, 0.717) is 17.8 Å². The van der Waals surface area contributed by atoms with Gasteiger partial charge in [0.05, 0.1) is 0 Å². The van der Waals surface area contributed by atoms with E-state index in [9.17, 15) is 9.59 Å². The lowest BCUT2D eigenvalue weighted by Gasteiger charge is -2.14. The molecule has 4 N–H and O–H groups in total. The number of benzene rings is 2. The Morgan fingerprint density at radius 2 is 1.72 bits per heavy atom. The molecule has 2 aromatic carbocycles. The number of amides is 2. The van der Waals surface area contributed by atoms with Crippen LogP contribution in [0.3, 0.4) is 0 Å². The van der Waals surface area contributed by atoms with Crippen LogP contribution in [0.2, 0.25) is 0 Å². The second kappa shape index (κ2) is 9.34. The SMILES string of the molecule is CC[C@@H]([NH2+]CC(=O)Nc1ccc(C(=O)NC)cc1)c1ccc(Br)cc1. The van der Waals surface area contributed by atoms with Gasteiger partial charge in [-0.2, -0.15) is 0 Å². The van der Waals surface area contributed by atoms with Gasteiger partial charge in [0.25, 0.3) is 11.8 Å². The minimum absolute atomic E-state index is 0.0664. The first-order valence-electron chi connectivity index (χ1n) is 8.24. The van der Waals surface area contributed by atoms with Crippen molar-refractivity contribution in [1.82, 2.24) is 5.32 Å². The van der Waals surface area contributed by atoms with Gasteiger partial charge >= 0.3 is 0 Å². The van der Waals surface area contributed by atoms with E-state index in [1.165, 1.54) is 5.56 Å². The summed E-state index contributed by atoms with van der Waals surface area (Å²) in [7, 11) is 1.59. The Bertz CT molecular complexity index is 714. The first-order chi connectivity index (χ1) is 12.0. The van der Waals surface area contributed by atoms with Crippen molar-refractivity contribution in [2.75, 3.05) is 18.9 Å². The van der Waals surface area contributed by atoms with E-state index in [2.05, 4.69) is 45.6 Å². The summed E-state index contributed by atoms with van der Waals surface area (Å²) < 4.78 is 1.05. The summed E-state index contributed by atoms with van der Waals surface area (Å²) in [6.45, 7) is 2.45. The zero-order valence-corrected chi connectivity index (χ0v) is 16.0. The minimum Gasteiger partial charge on any atom is -0.355 e. The lowest BCUT2D eigenvalue weighted by molar-refractivity contribution is -0.686. The first kappa shape index (κ1) is 19.1. The van der Waals surface area contributed by atoms with E-state index in [1.807, 2.05) is 17.4 Å². The van der Waals surface area contributed by atoms with Crippen LogP contribution in [-0.4, -0.2) is 25.4 Å². The average Bonchev–Trinajstić information content (AvgIpc) is 2.63. The molecular weight excluding hydrogens is 382 g/mol. The van der Waals surface area contributed by atoms with Crippen LogP contribution in [0.25, 0.3) is 0 Å². The third kappa shape index (κ3) is 5.69. The van der Waals surface area contributed by atoms with Crippen LogP contribution in [0, 0.1) is 0 Å². The fourth-order valence-electron chi connectivity index (χ4n) is 2.56. The number of hydrogen-bond acceptors (Lipinski definition) is 2. The summed E-state index contributed by atoms with van der Waals surface area (Å²) >= 11 is 3.43. The maximum absolute atomic E-state index is 12.2. The molecule has 0 unspecified atom stereocenters. The fraction of sp³-hybridized carbons (Fsp3) is 0.263. The standard InChI is InChI=1S/C19H22BrN3O2/c1-3-17(13-4-8-15(20)9-5-13)22-12-18(24)23-16-10-6-14(7-11-16)19(25)21-2/h4-11,17,22H,3,12H2,1-2H3,(H,21,25)(H,23,24)/p+1/t17-/m1/s1. The normalized spacial score (nSPS) is 11.6. The molecule has 0 aliphatic rings. The molecule has 6 heteroatoms. The number of anilines is 1. The number of hydrogen-bond donors (Lipinski definition) is 3. The highest BCUT2D eigenvalue weighted by Crippen LogP contribution is 2.16. The molecule has 0 aliphatic heterocycles. The molecule has 0 aromatic heterocycles. The largest absolute Gasteiger partial charge is 0.355 e. The molecule has 0 spiro atoms. The van der Waals surface area contributed by atoms with Gasteiger partial charge in [-0.1, -0.05) is 35.0 Å². The van der Waals surface area contributed by atoms with Gasteiger partial charge in [-0.25, -0.2) is 0 Å². The first-order valence-corrected chi connectivity index (χ1v) is 9.03. The molecule has 0 fully saturated rings. The van der Waals surface area contributed by atoms with E-state index in [-0.39, 0.29) is 17.9 Å². The van der Waals surface area contributed by atoms with Gasteiger partial charge in [0.1, 0.15) is 6.04 Å². The van der Waals surface area contributed by atoms with Crippen LogP contribution in [0.15, 0.2) is 53.0 Å². The number of quaternary nitrogens is 1. The lowest BCUT2D eigenvalue weighted by Crippen LogP contribution is -2.87. The Morgan fingerprint density at radius 3 is 2.28 bits per heavy atom. The van der Waals surface area contributed by atoms with Crippen molar-refractivity contribution in [1.29, 1.82) is 0 Å². The zero-order valence-electron chi connectivity index (χ0n) is 14.4. The molecule has 2 amide bonds. The molecule has 0 bridgehead atoms. The molecule has 25 heavy (non-hydrogen) atoms. The quantitative estimate of drug-likeness (QED) is 0.662. The van der Waals surface area contributed by atoms with Crippen molar-refractivity contribution >= 4 is 33.4 Å². The second-order valence-corrected chi connectivity index (χ2v) is 6.63. The third-order valence-electron chi connectivity index (χ3n) is 3.98. The molecule has 0 aliphatic carbocycles. The van der Waals surface area contributed by atoms with Crippen LogP contribution < -0.4 is 16.0 Å². The number of carbonyl (C=O) groups is 2. The predicted molar refractivity (Wildman–Crippen MR) is 102 cm³/mol. The number of rotatable bonds is 7. The van der Waals surface area contributed by atoms with Gasteiger partial charge in [0, 0.05) is 34.8 Å². The third-order valence-corrected chi connectivity index (χ3v) is 4.51. The Balaban J connectivity index is 1.88. The monoisotopic (exact) mass is 404 g/mol. The Labute approximate surface area is 156 Å². The average molecular weight is 405 g/mol. The maximum atomic E-state index is 12.2. The van der Waals surface area contributed by atoms with Gasteiger partial charge in [-0.15, -0.1) is 0 Å². The zero-order chi connectivity index (χ0) is 18.2. The highest BCUT2D eigenvalue weighted by atomic mass is 79.9. The Kier molecular flexibility index (Phi) is 7.16. The van der Waals surface area contributed by atoms with Gasteiger partial charge in [-0.3, -0.25) is 9.59 Å². The summed E-state index contributed by atoms with van der Waals surface area (Å²) in [5.74, 6) is -0.213. The van der Waals surface area contributed by atoms with Gasteiger partial charge in [-0.05, 0) is 36.4 Å². The summed E-state index contributed by atoms with van der Waals surface area (Å²) in [4.78, 5) is 23.7. The van der Waals surface area contributed by atoms with E-state index >= 15 is 0 Å². The Morgan fingerprint density at radius 1 is 1.08 bits per heavy atom. The van der Waals surface area contributed by atoms with Crippen LogP contribution in [-0.2, 0) is 4.79 Å². The van der Waals surface area contributed by atoms with Crippen molar-refractivity contribution in [3.8, 4) is 0 Å². The van der Waals surface area contributed by atoms with Crippen molar-refractivity contribution in [3.63, 3.8) is 0 Å². The van der Waals surface area contributed by atoms with Gasteiger partial charge < -0.3 is 16.0 Å². The molecule has 0 saturated carbocycles. The predicted octanol–water partition coefficient (Wildman–Crippen LogP) is 2.46. The summed E-state index contributed by atoms with van der Waals surface area (Å²) in [5, 5.41) is 7.46. The maximum Gasteiger partial charge on any atom is 0.279 e. The van der Waals surface area contributed by atoms with Crippen molar-refractivity contribution in [3.05, 3.63) is 64.1 Å². The van der Waals surface area contributed by atoms with Crippen LogP contribution in [0.5, 0.6) is 0 Å². The highest BCUT2D eigenvalue weighted by molar-refractivity contribution is 9.10. The number of halogens is 1. The van der Waals surface area contributed by atoms with Gasteiger partial charge in [0.2, 0.25) is 0 Å². The summed E-state index contributed by atoms with van der Waals surface area (Å²) in [6.07, 6.45) is 0.940. The number of carbonyl (C=O) groups excluding carboxylic acids is 2. The molecular formula is C19H23BrN3O2+. The fourth-order valence-corrected chi connectivity index (χ4v) is 2.82. The Hall–Kier alpha value is -2.18. The molecule has 1 atom stereocenters. The topological polar surface area (TPSA) is 74.8 Å².